The number of alkyl carbamates (subject to hydrolysis) is 1. The third-order valence-corrected chi connectivity index (χ3v) is 4.25. The Balaban J connectivity index is 1.78. The minimum Gasteiger partial charge on any atom is -0.444 e. The SMILES string of the molecule is C[C@@H](Cn1c2c(c3ccccc31)CCC2)NC(=O)OC(C)(C)C. The lowest BCUT2D eigenvalue weighted by Gasteiger charge is -2.23. The second kappa shape index (κ2) is 5.91. The summed E-state index contributed by atoms with van der Waals surface area (Å²) in [6.45, 7) is 8.44. The highest BCUT2D eigenvalue weighted by Crippen LogP contribution is 2.33. The lowest BCUT2D eigenvalue weighted by atomic mass is 10.1. The van der Waals surface area contributed by atoms with Crippen molar-refractivity contribution in [3.8, 4) is 0 Å². The van der Waals surface area contributed by atoms with Crippen LogP contribution in [-0.4, -0.2) is 22.3 Å². The molecule has 0 bridgehead atoms. The van der Waals surface area contributed by atoms with Crippen molar-refractivity contribution >= 4 is 17.0 Å². The fourth-order valence-corrected chi connectivity index (χ4v) is 3.46. The summed E-state index contributed by atoms with van der Waals surface area (Å²) in [6, 6.07) is 8.59. The smallest absolute Gasteiger partial charge is 0.407 e. The Kier molecular flexibility index (Phi) is 4.09. The molecule has 0 spiro atoms. The first kappa shape index (κ1) is 15.9. The van der Waals surface area contributed by atoms with Gasteiger partial charge in [0.05, 0.1) is 0 Å². The highest BCUT2D eigenvalue weighted by molar-refractivity contribution is 5.86. The van der Waals surface area contributed by atoms with E-state index in [0.29, 0.717) is 0 Å². The number of benzene rings is 1. The number of hydrogen-bond acceptors (Lipinski definition) is 2. The molecule has 23 heavy (non-hydrogen) atoms. The molecule has 1 atom stereocenters. The molecular formula is C19H26N2O2. The van der Waals surface area contributed by atoms with Gasteiger partial charge in [-0.05, 0) is 58.6 Å². The normalized spacial score (nSPS) is 15.5. The first-order valence-electron chi connectivity index (χ1n) is 8.43. The number of carbonyl (C=O) groups excluding carboxylic acids is 1. The lowest BCUT2D eigenvalue weighted by Crippen LogP contribution is -2.39. The summed E-state index contributed by atoms with van der Waals surface area (Å²) in [5.74, 6) is 0. The van der Waals surface area contributed by atoms with E-state index in [1.807, 2.05) is 27.7 Å². The fourth-order valence-electron chi connectivity index (χ4n) is 3.46. The number of aryl methyl sites for hydroxylation is 1. The summed E-state index contributed by atoms with van der Waals surface area (Å²) in [7, 11) is 0. The fraction of sp³-hybridized carbons (Fsp3) is 0.526. The Morgan fingerprint density at radius 1 is 1.30 bits per heavy atom. The Labute approximate surface area is 137 Å². The zero-order chi connectivity index (χ0) is 16.6. The van der Waals surface area contributed by atoms with E-state index in [-0.39, 0.29) is 12.1 Å². The molecule has 124 valence electrons. The van der Waals surface area contributed by atoms with Crippen LogP contribution in [-0.2, 0) is 24.1 Å². The number of amides is 1. The number of nitrogens with one attached hydrogen (secondary N) is 1. The van der Waals surface area contributed by atoms with Crippen LogP contribution in [0.1, 0.15) is 45.4 Å². The number of hydrogen-bond donors (Lipinski definition) is 1. The molecule has 1 heterocycles. The summed E-state index contributed by atoms with van der Waals surface area (Å²) in [5.41, 5.74) is 3.73. The average molecular weight is 314 g/mol. The molecule has 1 aromatic heterocycles. The van der Waals surface area contributed by atoms with E-state index >= 15 is 0 Å². The Hall–Kier alpha value is -1.97. The Morgan fingerprint density at radius 3 is 2.78 bits per heavy atom. The van der Waals surface area contributed by atoms with Crippen LogP contribution in [0.4, 0.5) is 4.79 Å². The monoisotopic (exact) mass is 314 g/mol. The van der Waals surface area contributed by atoms with Crippen molar-refractivity contribution in [1.82, 2.24) is 9.88 Å². The summed E-state index contributed by atoms with van der Waals surface area (Å²) >= 11 is 0. The van der Waals surface area contributed by atoms with Crippen LogP contribution in [0.25, 0.3) is 10.9 Å². The third kappa shape index (κ3) is 3.36. The van der Waals surface area contributed by atoms with Crippen molar-refractivity contribution in [2.75, 3.05) is 0 Å². The van der Waals surface area contributed by atoms with Gasteiger partial charge in [0.1, 0.15) is 5.60 Å². The number of para-hydroxylation sites is 1. The zero-order valence-electron chi connectivity index (χ0n) is 14.5. The molecule has 1 aliphatic rings. The van der Waals surface area contributed by atoms with E-state index in [1.54, 1.807) is 0 Å². The van der Waals surface area contributed by atoms with Gasteiger partial charge in [-0.1, -0.05) is 18.2 Å². The molecule has 3 rings (SSSR count). The van der Waals surface area contributed by atoms with E-state index in [2.05, 4.69) is 34.1 Å². The maximum atomic E-state index is 12.0. The number of ether oxygens (including phenoxy) is 1. The molecule has 1 aliphatic carbocycles. The minimum absolute atomic E-state index is 0.0188. The molecule has 4 heteroatoms. The predicted molar refractivity (Wildman–Crippen MR) is 92.8 cm³/mol. The molecule has 1 N–H and O–H groups in total. The summed E-state index contributed by atoms with van der Waals surface area (Å²) in [5, 5.41) is 4.31. The Morgan fingerprint density at radius 2 is 2.04 bits per heavy atom. The molecule has 4 nitrogen and oxygen atoms in total. The third-order valence-electron chi connectivity index (χ3n) is 4.25. The number of nitrogens with zero attached hydrogens (tertiary/aromatic N) is 1. The van der Waals surface area contributed by atoms with E-state index in [1.165, 1.54) is 28.6 Å². The highest BCUT2D eigenvalue weighted by atomic mass is 16.6. The van der Waals surface area contributed by atoms with Gasteiger partial charge in [-0.25, -0.2) is 4.79 Å². The standard InChI is InChI=1S/C19H26N2O2/c1-13(20-18(22)23-19(2,3)4)12-21-16-10-6-5-8-14(16)15-9-7-11-17(15)21/h5-6,8,10,13H,7,9,11-12H2,1-4H3,(H,20,22)/t13-/m0/s1. The topological polar surface area (TPSA) is 43.3 Å². The average Bonchev–Trinajstić information content (AvgIpc) is 3.00. The van der Waals surface area contributed by atoms with Gasteiger partial charge in [-0.15, -0.1) is 0 Å². The molecule has 1 aromatic carbocycles. The molecule has 0 unspecified atom stereocenters. The van der Waals surface area contributed by atoms with Gasteiger partial charge in [0.15, 0.2) is 0 Å². The first-order valence-corrected chi connectivity index (χ1v) is 8.43. The van der Waals surface area contributed by atoms with Gasteiger partial charge in [0.2, 0.25) is 0 Å². The first-order chi connectivity index (χ1) is 10.8. The van der Waals surface area contributed by atoms with Crippen molar-refractivity contribution in [3.05, 3.63) is 35.5 Å². The van der Waals surface area contributed by atoms with Crippen molar-refractivity contribution in [2.24, 2.45) is 0 Å². The summed E-state index contributed by atoms with van der Waals surface area (Å²) < 4.78 is 7.72. The molecule has 0 fully saturated rings. The van der Waals surface area contributed by atoms with Crippen molar-refractivity contribution in [2.45, 2.75) is 65.1 Å². The summed E-state index contributed by atoms with van der Waals surface area (Å²) in [4.78, 5) is 12.0. The maximum Gasteiger partial charge on any atom is 0.407 e. The van der Waals surface area contributed by atoms with Gasteiger partial charge in [0, 0.05) is 29.2 Å². The van der Waals surface area contributed by atoms with Crippen molar-refractivity contribution in [1.29, 1.82) is 0 Å². The quantitative estimate of drug-likeness (QED) is 0.929. The van der Waals surface area contributed by atoms with E-state index in [9.17, 15) is 4.79 Å². The molecule has 0 radical (unpaired) electrons. The van der Waals surface area contributed by atoms with Gasteiger partial charge in [-0.2, -0.15) is 0 Å². The largest absolute Gasteiger partial charge is 0.444 e. The molecule has 0 saturated heterocycles. The number of rotatable bonds is 3. The van der Waals surface area contributed by atoms with Crippen LogP contribution >= 0.6 is 0 Å². The number of carbonyl (C=O) groups is 1. The zero-order valence-corrected chi connectivity index (χ0v) is 14.5. The molecular weight excluding hydrogens is 288 g/mol. The van der Waals surface area contributed by atoms with Gasteiger partial charge in [-0.3, -0.25) is 0 Å². The molecule has 0 saturated carbocycles. The van der Waals surface area contributed by atoms with Crippen molar-refractivity contribution in [3.63, 3.8) is 0 Å². The molecule has 2 aromatic rings. The van der Waals surface area contributed by atoms with Gasteiger partial charge < -0.3 is 14.6 Å². The van der Waals surface area contributed by atoms with Crippen molar-refractivity contribution < 1.29 is 9.53 Å². The highest BCUT2D eigenvalue weighted by Gasteiger charge is 2.23. The maximum absolute atomic E-state index is 12.0. The molecule has 0 aliphatic heterocycles. The number of aromatic nitrogens is 1. The minimum atomic E-state index is -0.467. The van der Waals surface area contributed by atoms with Crippen LogP contribution in [0.5, 0.6) is 0 Å². The molecule has 1 amide bonds. The van der Waals surface area contributed by atoms with Gasteiger partial charge >= 0.3 is 6.09 Å². The summed E-state index contributed by atoms with van der Waals surface area (Å²) in [6.07, 6.45) is 3.17. The van der Waals surface area contributed by atoms with Gasteiger partial charge in [0.25, 0.3) is 0 Å². The van der Waals surface area contributed by atoms with Crippen LogP contribution in [0.15, 0.2) is 24.3 Å². The van der Waals surface area contributed by atoms with E-state index in [4.69, 9.17) is 4.74 Å². The van der Waals surface area contributed by atoms with E-state index < -0.39 is 5.60 Å². The van der Waals surface area contributed by atoms with E-state index in [0.717, 1.165) is 19.4 Å². The predicted octanol–water partition coefficient (Wildman–Crippen LogP) is 4.04. The van der Waals surface area contributed by atoms with Crippen LogP contribution in [0, 0.1) is 0 Å². The second-order valence-electron chi connectivity index (χ2n) is 7.45. The van der Waals surface area contributed by atoms with Crippen LogP contribution in [0.3, 0.4) is 0 Å². The number of fused-ring (bicyclic) bond motifs is 3. The lowest BCUT2D eigenvalue weighted by molar-refractivity contribution is 0.0504. The van der Waals surface area contributed by atoms with Crippen LogP contribution in [0.2, 0.25) is 0 Å². The Bertz CT molecular complexity index is 725. The van der Waals surface area contributed by atoms with Crippen LogP contribution < -0.4 is 5.32 Å². The second-order valence-corrected chi connectivity index (χ2v) is 7.45.